The molecule has 0 radical (unpaired) electrons. The molecule has 30 heavy (non-hydrogen) atoms. The van der Waals surface area contributed by atoms with Crippen molar-refractivity contribution >= 4 is 51.2 Å². The van der Waals surface area contributed by atoms with Gasteiger partial charge in [0.15, 0.2) is 0 Å². The lowest BCUT2D eigenvalue weighted by molar-refractivity contribution is 0.426. The van der Waals surface area contributed by atoms with E-state index in [1.807, 2.05) is 30.3 Å². The highest BCUT2D eigenvalue weighted by atomic mass is 16.4. The van der Waals surface area contributed by atoms with Crippen LogP contribution in [0.2, 0.25) is 0 Å². The summed E-state index contributed by atoms with van der Waals surface area (Å²) in [6.07, 6.45) is 0. The fourth-order valence-electron chi connectivity index (χ4n) is 3.94. The van der Waals surface area contributed by atoms with Gasteiger partial charge >= 0.3 is 7.12 Å². The van der Waals surface area contributed by atoms with Crippen LogP contribution in [0.5, 0.6) is 0 Å². The number of fused-ring (bicyclic) bond motifs is 2. The fourth-order valence-corrected chi connectivity index (χ4v) is 3.94. The summed E-state index contributed by atoms with van der Waals surface area (Å²) in [5.41, 5.74) is 3.53. The van der Waals surface area contributed by atoms with Crippen LogP contribution < -0.4 is 10.4 Å². The van der Waals surface area contributed by atoms with Crippen molar-refractivity contribution in [3.63, 3.8) is 0 Å². The Balaban J connectivity index is 1.74. The molecule has 2 N–H and O–H groups in total. The van der Waals surface area contributed by atoms with Crippen LogP contribution in [-0.2, 0) is 0 Å². The lowest BCUT2D eigenvalue weighted by atomic mass is 9.80. The zero-order valence-corrected chi connectivity index (χ0v) is 16.3. The highest BCUT2D eigenvalue weighted by molar-refractivity contribution is 6.58. The summed E-state index contributed by atoms with van der Waals surface area (Å²) in [6, 6.07) is 36.7. The third kappa shape index (κ3) is 3.33. The molecule has 4 heteroatoms. The largest absolute Gasteiger partial charge is 0.488 e. The summed E-state index contributed by atoms with van der Waals surface area (Å²) in [6.45, 7) is 0. The third-order valence-electron chi connectivity index (χ3n) is 5.45. The summed E-state index contributed by atoms with van der Waals surface area (Å²) in [5, 5.41) is 23.7. The molecule has 0 aromatic heterocycles. The van der Waals surface area contributed by atoms with Crippen molar-refractivity contribution in [1.29, 1.82) is 0 Å². The first-order valence-electron chi connectivity index (χ1n) is 9.93. The van der Waals surface area contributed by atoms with E-state index in [0.717, 1.165) is 22.4 Å². The Kier molecular flexibility index (Phi) is 4.72. The van der Waals surface area contributed by atoms with Crippen LogP contribution in [0.4, 0.5) is 17.1 Å². The molecule has 144 valence electrons. The zero-order valence-electron chi connectivity index (χ0n) is 16.3. The van der Waals surface area contributed by atoms with E-state index < -0.39 is 7.12 Å². The Morgan fingerprint density at radius 1 is 0.533 bits per heavy atom. The molecule has 3 nitrogen and oxygen atoms in total. The fraction of sp³-hybridized carbons (Fsp3) is 0. The number of benzene rings is 5. The molecule has 0 fully saturated rings. The Morgan fingerprint density at radius 2 is 1.17 bits per heavy atom. The Morgan fingerprint density at radius 3 is 1.93 bits per heavy atom. The molecule has 5 aromatic rings. The molecule has 0 aliphatic heterocycles. The Hall–Kier alpha value is -3.60. The van der Waals surface area contributed by atoms with E-state index in [9.17, 15) is 10.0 Å². The smallest absolute Gasteiger partial charge is 0.423 e. The van der Waals surface area contributed by atoms with Crippen LogP contribution in [0.1, 0.15) is 0 Å². The van der Waals surface area contributed by atoms with Crippen molar-refractivity contribution in [3.8, 4) is 0 Å². The second-order valence-electron chi connectivity index (χ2n) is 7.33. The average Bonchev–Trinajstić information content (AvgIpc) is 2.80. The number of hydrogen-bond donors (Lipinski definition) is 2. The predicted molar refractivity (Wildman–Crippen MR) is 126 cm³/mol. The summed E-state index contributed by atoms with van der Waals surface area (Å²) in [5.74, 6) is 0. The molecule has 0 heterocycles. The summed E-state index contributed by atoms with van der Waals surface area (Å²) in [7, 11) is -1.48. The minimum Gasteiger partial charge on any atom is -0.423 e. The topological polar surface area (TPSA) is 43.7 Å². The van der Waals surface area contributed by atoms with E-state index in [1.165, 1.54) is 16.2 Å². The van der Waals surface area contributed by atoms with Gasteiger partial charge in [-0.05, 0) is 52.0 Å². The maximum absolute atomic E-state index is 9.49. The van der Waals surface area contributed by atoms with Crippen LogP contribution in [0, 0.1) is 0 Å². The summed E-state index contributed by atoms with van der Waals surface area (Å²) < 4.78 is 0. The maximum Gasteiger partial charge on any atom is 0.488 e. The highest BCUT2D eigenvalue weighted by Crippen LogP contribution is 2.39. The van der Waals surface area contributed by atoms with E-state index in [4.69, 9.17) is 0 Å². The first kappa shape index (κ1) is 18.4. The standard InChI is InChI=1S/C26H20BNO2/c29-27(30)22-13-16-23(17-14-22)28(24-15-12-19-6-1-2-8-21(19)18-24)26-11-5-9-20-7-3-4-10-25(20)26/h1-18,29-30H. The van der Waals surface area contributed by atoms with E-state index in [0.29, 0.717) is 5.46 Å². The van der Waals surface area contributed by atoms with E-state index in [-0.39, 0.29) is 0 Å². The number of rotatable bonds is 4. The zero-order chi connectivity index (χ0) is 20.5. The normalized spacial score (nSPS) is 11.0. The number of nitrogens with zero attached hydrogens (tertiary/aromatic N) is 1. The highest BCUT2D eigenvalue weighted by Gasteiger charge is 2.17. The monoisotopic (exact) mass is 389 g/mol. The van der Waals surface area contributed by atoms with Crippen LogP contribution in [0.15, 0.2) is 109 Å². The first-order valence-corrected chi connectivity index (χ1v) is 9.93. The molecule has 0 spiro atoms. The van der Waals surface area contributed by atoms with Crippen molar-refractivity contribution in [1.82, 2.24) is 0 Å². The van der Waals surface area contributed by atoms with Gasteiger partial charge in [-0.2, -0.15) is 0 Å². The van der Waals surface area contributed by atoms with Crippen molar-refractivity contribution in [2.75, 3.05) is 4.90 Å². The molecule has 0 aliphatic carbocycles. The molecular weight excluding hydrogens is 369 g/mol. The molecule has 0 amide bonds. The molecule has 0 unspecified atom stereocenters. The molecule has 5 aromatic carbocycles. The van der Waals surface area contributed by atoms with Gasteiger partial charge in [0.25, 0.3) is 0 Å². The Bertz CT molecular complexity index is 1330. The van der Waals surface area contributed by atoms with Crippen LogP contribution in [0.25, 0.3) is 21.5 Å². The van der Waals surface area contributed by atoms with Crippen molar-refractivity contribution in [2.45, 2.75) is 0 Å². The van der Waals surface area contributed by atoms with Gasteiger partial charge in [0.05, 0.1) is 5.69 Å². The van der Waals surface area contributed by atoms with Gasteiger partial charge < -0.3 is 14.9 Å². The summed E-state index contributed by atoms with van der Waals surface area (Å²) in [4.78, 5) is 2.21. The van der Waals surface area contributed by atoms with E-state index >= 15 is 0 Å². The van der Waals surface area contributed by atoms with Crippen molar-refractivity contribution in [2.24, 2.45) is 0 Å². The Labute approximate surface area is 175 Å². The van der Waals surface area contributed by atoms with Gasteiger partial charge in [0, 0.05) is 16.8 Å². The lowest BCUT2D eigenvalue weighted by Crippen LogP contribution is -2.29. The van der Waals surface area contributed by atoms with Gasteiger partial charge in [0.1, 0.15) is 0 Å². The lowest BCUT2D eigenvalue weighted by Gasteiger charge is -2.27. The minimum absolute atomic E-state index is 0.468. The van der Waals surface area contributed by atoms with Gasteiger partial charge in [-0.15, -0.1) is 0 Å². The average molecular weight is 389 g/mol. The van der Waals surface area contributed by atoms with Crippen LogP contribution >= 0.6 is 0 Å². The molecule has 0 saturated heterocycles. The molecule has 0 atom stereocenters. The van der Waals surface area contributed by atoms with Gasteiger partial charge in [-0.3, -0.25) is 0 Å². The van der Waals surface area contributed by atoms with E-state index in [2.05, 4.69) is 71.6 Å². The molecule has 0 bridgehead atoms. The van der Waals surface area contributed by atoms with Crippen LogP contribution in [-0.4, -0.2) is 17.2 Å². The third-order valence-corrected chi connectivity index (χ3v) is 5.45. The predicted octanol–water partition coefficient (Wildman–Crippen LogP) is 5.14. The second kappa shape index (κ2) is 7.67. The molecule has 0 aliphatic rings. The van der Waals surface area contributed by atoms with E-state index in [1.54, 1.807) is 12.1 Å². The second-order valence-corrected chi connectivity index (χ2v) is 7.33. The van der Waals surface area contributed by atoms with Crippen LogP contribution in [0.3, 0.4) is 0 Å². The molecular formula is C26H20BNO2. The maximum atomic E-state index is 9.49. The SMILES string of the molecule is OB(O)c1ccc(N(c2ccc3ccccc3c2)c2cccc3ccccc23)cc1. The van der Waals surface area contributed by atoms with Gasteiger partial charge in [0.2, 0.25) is 0 Å². The van der Waals surface area contributed by atoms with Crippen molar-refractivity contribution in [3.05, 3.63) is 109 Å². The number of anilines is 3. The number of hydrogen-bond acceptors (Lipinski definition) is 3. The summed E-state index contributed by atoms with van der Waals surface area (Å²) >= 11 is 0. The quantitative estimate of drug-likeness (QED) is 0.418. The molecule has 0 saturated carbocycles. The first-order chi connectivity index (χ1) is 14.7. The molecule has 5 rings (SSSR count). The van der Waals surface area contributed by atoms with Gasteiger partial charge in [-0.25, -0.2) is 0 Å². The minimum atomic E-state index is -1.48. The van der Waals surface area contributed by atoms with Crippen molar-refractivity contribution < 1.29 is 10.0 Å². The van der Waals surface area contributed by atoms with Gasteiger partial charge in [-0.1, -0.05) is 78.9 Å².